The van der Waals surface area contributed by atoms with Crippen molar-refractivity contribution in [2.45, 2.75) is 52.5 Å². The van der Waals surface area contributed by atoms with Crippen LogP contribution in [0.2, 0.25) is 0 Å². The molecule has 0 aromatic heterocycles. The smallest absolute Gasteiger partial charge is 0.262 e. The number of benzene rings is 3. The Balaban J connectivity index is 1.86. The van der Waals surface area contributed by atoms with Crippen LogP contribution in [-0.4, -0.2) is 14.3 Å². The summed E-state index contributed by atoms with van der Waals surface area (Å²) >= 11 is 0. The second-order valence-electron chi connectivity index (χ2n) is 8.52. The third kappa shape index (κ3) is 5.37. The van der Waals surface area contributed by atoms with Gasteiger partial charge in [0.05, 0.1) is 10.9 Å². The third-order valence-corrected chi connectivity index (χ3v) is 6.98. The monoisotopic (exact) mass is 450 g/mol. The number of carbonyl (C=O) groups is 1. The number of aryl methyl sites for hydroxylation is 5. The Hall–Kier alpha value is -3.12. The highest BCUT2D eigenvalue weighted by atomic mass is 32.2. The van der Waals surface area contributed by atoms with Crippen LogP contribution in [0.4, 0.5) is 5.69 Å². The maximum atomic E-state index is 13.1. The molecule has 0 radical (unpaired) electrons. The molecule has 1 amide bonds. The van der Waals surface area contributed by atoms with Crippen LogP contribution in [0.3, 0.4) is 0 Å². The first-order valence-corrected chi connectivity index (χ1v) is 12.0. The zero-order chi connectivity index (χ0) is 23.6. The minimum absolute atomic E-state index is 0.0866. The van der Waals surface area contributed by atoms with Crippen molar-refractivity contribution < 1.29 is 13.2 Å². The van der Waals surface area contributed by atoms with Crippen LogP contribution in [0, 0.1) is 34.6 Å². The minimum atomic E-state index is -3.86. The molecule has 0 aliphatic rings. The van der Waals surface area contributed by atoms with Gasteiger partial charge in [0.15, 0.2) is 0 Å². The second-order valence-corrected chi connectivity index (χ2v) is 10.2. The molecule has 168 valence electrons. The van der Waals surface area contributed by atoms with E-state index in [9.17, 15) is 13.2 Å². The molecule has 0 bridgehead atoms. The Morgan fingerprint density at radius 2 is 1.44 bits per heavy atom. The van der Waals surface area contributed by atoms with E-state index in [-0.39, 0.29) is 16.8 Å². The summed E-state index contributed by atoms with van der Waals surface area (Å²) in [6, 6.07) is 16.2. The fourth-order valence-electron chi connectivity index (χ4n) is 3.94. The average Bonchev–Trinajstić information content (AvgIpc) is 2.66. The molecule has 0 spiro atoms. The molecule has 0 aliphatic heterocycles. The van der Waals surface area contributed by atoms with Gasteiger partial charge in [0, 0.05) is 11.3 Å². The summed E-state index contributed by atoms with van der Waals surface area (Å²) in [5.74, 6) is -0.319. The lowest BCUT2D eigenvalue weighted by Gasteiger charge is -2.18. The van der Waals surface area contributed by atoms with E-state index in [0.717, 1.165) is 27.8 Å². The lowest BCUT2D eigenvalue weighted by Crippen LogP contribution is -2.27. The molecule has 0 aliphatic carbocycles. The molecule has 0 saturated heterocycles. The van der Waals surface area contributed by atoms with Gasteiger partial charge in [-0.2, -0.15) is 0 Å². The quantitative estimate of drug-likeness (QED) is 0.519. The molecular weight excluding hydrogens is 420 g/mol. The first kappa shape index (κ1) is 23.5. The summed E-state index contributed by atoms with van der Waals surface area (Å²) in [5.41, 5.74) is 6.59. The third-order valence-electron chi connectivity index (χ3n) is 5.45. The van der Waals surface area contributed by atoms with Gasteiger partial charge in [0.2, 0.25) is 0 Å². The topological polar surface area (TPSA) is 75.3 Å². The van der Waals surface area contributed by atoms with Gasteiger partial charge in [-0.05, 0) is 93.6 Å². The Morgan fingerprint density at radius 3 is 2.06 bits per heavy atom. The molecule has 2 N–H and O–H groups in total. The number of amides is 1. The number of hydrogen-bond donors (Lipinski definition) is 2. The highest BCUT2D eigenvalue weighted by Gasteiger charge is 2.21. The predicted molar refractivity (Wildman–Crippen MR) is 130 cm³/mol. The summed E-state index contributed by atoms with van der Waals surface area (Å²) in [7, 11) is -3.86. The molecule has 32 heavy (non-hydrogen) atoms. The van der Waals surface area contributed by atoms with E-state index in [4.69, 9.17) is 0 Å². The highest BCUT2D eigenvalue weighted by Crippen LogP contribution is 2.24. The van der Waals surface area contributed by atoms with Crippen molar-refractivity contribution in [3.05, 3.63) is 93.5 Å². The molecule has 0 saturated carbocycles. The van der Waals surface area contributed by atoms with Crippen molar-refractivity contribution >= 4 is 21.6 Å². The van der Waals surface area contributed by atoms with Crippen molar-refractivity contribution in [1.29, 1.82) is 0 Å². The van der Waals surface area contributed by atoms with Gasteiger partial charge in [-0.3, -0.25) is 9.52 Å². The fourth-order valence-corrected chi connectivity index (χ4v) is 5.26. The van der Waals surface area contributed by atoms with Gasteiger partial charge < -0.3 is 5.32 Å². The van der Waals surface area contributed by atoms with Crippen LogP contribution >= 0.6 is 0 Å². The molecule has 1 atom stereocenters. The van der Waals surface area contributed by atoms with Crippen molar-refractivity contribution in [3.63, 3.8) is 0 Å². The van der Waals surface area contributed by atoms with E-state index in [0.29, 0.717) is 16.8 Å². The van der Waals surface area contributed by atoms with Gasteiger partial charge in [0.1, 0.15) is 0 Å². The van der Waals surface area contributed by atoms with Crippen LogP contribution in [0.15, 0.2) is 59.5 Å². The maximum Gasteiger partial charge on any atom is 0.262 e. The summed E-state index contributed by atoms with van der Waals surface area (Å²) in [4.78, 5) is 13.0. The SMILES string of the molecule is Cc1cc(C)cc(NS(=O)(=O)c2cc(C(=O)N[C@@H](C)c3ccc(C)cc3C)ccc2C)c1. The van der Waals surface area contributed by atoms with Crippen molar-refractivity contribution in [3.8, 4) is 0 Å². The fraction of sp³-hybridized carbons (Fsp3) is 0.269. The van der Waals surface area contributed by atoms with E-state index in [1.807, 2.05) is 52.8 Å². The summed E-state index contributed by atoms with van der Waals surface area (Å²) in [6.45, 7) is 11.5. The number of nitrogens with one attached hydrogen (secondary N) is 2. The van der Waals surface area contributed by atoms with Gasteiger partial charge in [-0.25, -0.2) is 8.42 Å². The van der Waals surface area contributed by atoms with Gasteiger partial charge in [-0.1, -0.05) is 35.9 Å². The molecule has 0 fully saturated rings. The zero-order valence-electron chi connectivity index (χ0n) is 19.4. The maximum absolute atomic E-state index is 13.1. The summed E-state index contributed by atoms with van der Waals surface area (Å²) in [6.07, 6.45) is 0. The molecule has 6 heteroatoms. The largest absolute Gasteiger partial charge is 0.346 e. The van der Waals surface area contributed by atoms with E-state index in [1.165, 1.54) is 6.07 Å². The van der Waals surface area contributed by atoms with Crippen LogP contribution in [-0.2, 0) is 10.0 Å². The Labute approximate surface area is 190 Å². The molecule has 3 aromatic rings. The molecule has 0 heterocycles. The van der Waals surface area contributed by atoms with Crippen molar-refractivity contribution in [1.82, 2.24) is 5.32 Å². The van der Waals surface area contributed by atoms with Gasteiger partial charge >= 0.3 is 0 Å². The van der Waals surface area contributed by atoms with Crippen molar-refractivity contribution in [2.75, 3.05) is 4.72 Å². The number of carbonyl (C=O) groups excluding carboxylic acids is 1. The molecular formula is C26H30N2O3S. The van der Waals surface area contributed by atoms with Crippen LogP contribution in [0.25, 0.3) is 0 Å². The first-order valence-electron chi connectivity index (χ1n) is 10.6. The molecule has 3 aromatic carbocycles. The number of hydrogen-bond acceptors (Lipinski definition) is 3. The average molecular weight is 451 g/mol. The van der Waals surface area contributed by atoms with Crippen molar-refractivity contribution in [2.24, 2.45) is 0 Å². The first-order chi connectivity index (χ1) is 15.0. The summed E-state index contributed by atoms with van der Waals surface area (Å²) in [5, 5.41) is 2.98. The van der Waals surface area contributed by atoms with E-state index >= 15 is 0 Å². The lowest BCUT2D eigenvalue weighted by molar-refractivity contribution is 0.0939. The van der Waals surface area contributed by atoms with Crippen LogP contribution in [0.5, 0.6) is 0 Å². The number of rotatable bonds is 6. The lowest BCUT2D eigenvalue weighted by atomic mass is 10.00. The summed E-state index contributed by atoms with van der Waals surface area (Å²) < 4.78 is 28.8. The normalized spacial score (nSPS) is 12.3. The van der Waals surface area contributed by atoms with Gasteiger partial charge in [-0.15, -0.1) is 0 Å². The Kier molecular flexibility index (Phi) is 6.74. The van der Waals surface area contributed by atoms with Crippen LogP contribution < -0.4 is 10.0 Å². The van der Waals surface area contributed by atoms with E-state index in [2.05, 4.69) is 16.1 Å². The zero-order valence-corrected chi connectivity index (χ0v) is 20.2. The molecule has 0 unspecified atom stereocenters. The highest BCUT2D eigenvalue weighted by molar-refractivity contribution is 7.92. The molecule has 5 nitrogen and oxygen atoms in total. The van der Waals surface area contributed by atoms with E-state index < -0.39 is 10.0 Å². The van der Waals surface area contributed by atoms with Gasteiger partial charge in [0.25, 0.3) is 15.9 Å². The number of anilines is 1. The van der Waals surface area contributed by atoms with E-state index in [1.54, 1.807) is 31.2 Å². The standard InChI is InChI=1S/C26H30N2O3S/c1-16-7-10-24(20(5)12-16)21(6)27-26(29)22-9-8-19(4)25(15-22)32(30,31)28-23-13-17(2)11-18(3)14-23/h7-15,21,28H,1-6H3,(H,27,29)/t21-/m0/s1. The van der Waals surface area contributed by atoms with Crippen LogP contribution in [0.1, 0.15) is 56.7 Å². The molecule has 3 rings (SSSR count). The Bertz CT molecular complexity index is 1260. The second kappa shape index (κ2) is 9.17. The Morgan fingerprint density at radius 1 is 0.781 bits per heavy atom. The number of sulfonamides is 1. The minimum Gasteiger partial charge on any atom is -0.346 e. The predicted octanol–water partition coefficient (Wildman–Crippen LogP) is 5.52.